The molecule has 5 heteroatoms. The third-order valence-corrected chi connectivity index (χ3v) is 0.635. The summed E-state index contributed by atoms with van der Waals surface area (Å²) in [6, 6.07) is 0. The number of hydrogen-bond acceptors (Lipinski definition) is 3. The summed E-state index contributed by atoms with van der Waals surface area (Å²) in [7, 11) is 0. The fourth-order valence-corrected chi connectivity index (χ4v) is 0.229. The van der Waals surface area contributed by atoms with Crippen molar-refractivity contribution in [3.63, 3.8) is 0 Å². The van der Waals surface area contributed by atoms with E-state index in [0.29, 0.717) is 6.42 Å². The molecule has 0 aromatic rings. The van der Waals surface area contributed by atoms with E-state index in [9.17, 15) is 4.79 Å². The van der Waals surface area contributed by atoms with Crippen molar-refractivity contribution >= 4 is 5.97 Å². The van der Waals surface area contributed by atoms with Crippen LogP contribution in [-0.4, -0.2) is 12.7 Å². The smallest absolute Gasteiger partial charge is 0.305 e. The molecule has 0 fully saturated rings. The number of rotatable bonds is 3. The van der Waals surface area contributed by atoms with Gasteiger partial charge in [0.15, 0.2) is 6.73 Å². The van der Waals surface area contributed by atoms with Gasteiger partial charge >= 0.3 is 5.97 Å². The topological polar surface area (TPSA) is 75.1 Å². The van der Waals surface area contributed by atoms with Crippen LogP contribution >= 0.6 is 0 Å². The second-order valence-electron chi connectivity index (χ2n) is 1.23. The number of esters is 1. The average molecular weight is 129 g/mol. The van der Waals surface area contributed by atoms with Gasteiger partial charge in [0.05, 0.1) is 0 Å². The number of nitrogens with zero attached hydrogens (tertiary/aromatic N) is 3. The molecular formula is C4H7N3O2. The van der Waals surface area contributed by atoms with Crippen molar-refractivity contribution in [1.82, 2.24) is 0 Å². The predicted octanol–water partition coefficient (Wildman–Crippen LogP) is 1.21. The quantitative estimate of drug-likeness (QED) is 0.248. The van der Waals surface area contributed by atoms with Gasteiger partial charge in [0.1, 0.15) is 0 Å². The van der Waals surface area contributed by atoms with E-state index in [1.54, 1.807) is 6.92 Å². The molecular weight excluding hydrogens is 122 g/mol. The highest BCUT2D eigenvalue weighted by atomic mass is 16.5. The third-order valence-electron chi connectivity index (χ3n) is 0.635. The lowest BCUT2D eigenvalue weighted by molar-refractivity contribution is -0.142. The van der Waals surface area contributed by atoms with Crippen molar-refractivity contribution in [2.45, 2.75) is 13.3 Å². The molecule has 0 atom stereocenters. The van der Waals surface area contributed by atoms with E-state index in [-0.39, 0.29) is 12.7 Å². The first-order chi connectivity index (χ1) is 4.31. The van der Waals surface area contributed by atoms with Gasteiger partial charge in [-0.15, -0.1) is 0 Å². The predicted molar refractivity (Wildman–Crippen MR) is 30.4 cm³/mol. The van der Waals surface area contributed by atoms with Gasteiger partial charge in [0, 0.05) is 11.3 Å². The molecule has 0 N–H and O–H groups in total. The lowest BCUT2D eigenvalue weighted by Crippen LogP contribution is -2.00. The molecule has 5 nitrogen and oxygen atoms in total. The third kappa shape index (κ3) is 4.64. The summed E-state index contributed by atoms with van der Waals surface area (Å²) in [5.41, 5.74) is 7.72. The van der Waals surface area contributed by atoms with Crippen LogP contribution in [0.2, 0.25) is 0 Å². The van der Waals surface area contributed by atoms with Crippen LogP contribution in [0.1, 0.15) is 13.3 Å². The van der Waals surface area contributed by atoms with E-state index in [4.69, 9.17) is 5.53 Å². The number of hydrogen-bond donors (Lipinski definition) is 0. The number of carbonyl (C=O) groups excluding carboxylic acids is 1. The highest BCUT2D eigenvalue weighted by Crippen LogP contribution is 1.83. The molecule has 0 aromatic carbocycles. The van der Waals surface area contributed by atoms with Crippen molar-refractivity contribution in [2.24, 2.45) is 5.11 Å². The van der Waals surface area contributed by atoms with E-state index in [2.05, 4.69) is 14.8 Å². The summed E-state index contributed by atoms with van der Waals surface area (Å²) < 4.78 is 4.37. The second-order valence-corrected chi connectivity index (χ2v) is 1.23. The molecule has 0 bridgehead atoms. The van der Waals surface area contributed by atoms with Crippen molar-refractivity contribution in [2.75, 3.05) is 6.73 Å². The molecule has 0 saturated heterocycles. The Morgan fingerprint density at radius 3 is 3.00 bits per heavy atom. The van der Waals surface area contributed by atoms with Gasteiger partial charge in [-0.05, 0) is 5.53 Å². The minimum Gasteiger partial charge on any atom is -0.460 e. The summed E-state index contributed by atoms with van der Waals surface area (Å²) in [5.74, 6) is -0.359. The second kappa shape index (κ2) is 4.93. The lowest BCUT2D eigenvalue weighted by atomic mass is 10.5. The Balaban J connectivity index is 3.27. The zero-order valence-electron chi connectivity index (χ0n) is 5.07. The molecule has 0 rings (SSSR count). The molecule has 0 aromatic heterocycles. The molecule has 50 valence electrons. The average Bonchev–Trinajstić information content (AvgIpc) is 1.89. The molecule has 0 radical (unpaired) electrons. The lowest BCUT2D eigenvalue weighted by Gasteiger charge is -1.93. The largest absolute Gasteiger partial charge is 0.460 e. The Bertz CT molecular complexity index is 139. The zero-order valence-corrected chi connectivity index (χ0v) is 5.07. The minimum atomic E-state index is -0.359. The number of azide groups is 1. The Kier molecular flexibility index (Phi) is 4.26. The summed E-state index contributed by atoms with van der Waals surface area (Å²) in [6.07, 6.45) is 0.306. The van der Waals surface area contributed by atoms with Crippen molar-refractivity contribution < 1.29 is 9.53 Å². The van der Waals surface area contributed by atoms with Gasteiger partial charge in [0.2, 0.25) is 0 Å². The maximum Gasteiger partial charge on any atom is 0.305 e. The Morgan fingerprint density at radius 1 is 1.89 bits per heavy atom. The van der Waals surface area contributed by atoms with Gasteiger partial charge in [-0.1, -0.05) is 12.0 Å². The maximum absolute atomic E-state index is 10.3. The first-order valence-electron chi connectivity index (χ1n) is 2.47. The molecule has 0 heterocycles. The van der Waals surface area contributed by atoms with Crippen molar-refractivity contribution in [3.8, 4) is 0 Å². The molecule has 0 aliphatic heterocycles. The molecule has 0 unspecified atom stereocenters. The Labute approximate surface area is 52.2 Å². The SMILES string of the molecule is CCC(=O)OCN=[N+]=[N-]. The van der Waals surface area contributed by atoms with Gasteiger partial charge < -0.3 is 4.74 Å². The molecule has 0 aliphatic carbocycles. The Hall–Kier alpha value is -1.22. The monoisotopic (exact) mass is 129 g/mol. The van der Waals surface area contributed by atoms with E-state index >= 15 is 0 Å². The highest BCUT2D eigenvalue weighted by molar-refractivity contribution is 5.68. The van der Waals surface area contributed by atoms with Gasteiger partial charge in [-0.25, -0.2) is 0 Å². The minimum absolute atomic E-state index is 0.205. The molecule has 9 heavy (non-hydrogen) atoms. The Morgan fingerprint density at radius 2 is 2.56 bits per heavy atom. The maximum atomic E-state index is 10.3. The summed E-state index contributed by atoms with van der Waals surface area (Å²) in [6.45, 7) is 1.46. The standard InChI is InChI=1S/C4H7N3O2/c1-2-4(8)9-3-6-7-5/h2-3H2,1H3. The molecule has 0 saturated carbocycles. The van der Waals surface area contributed by atoms with Crippen LogP contribution in [0.15, 0.2) is 5.11 Å². The van der Waals surface area contributed by atoms with E-state index in [0.717, 1.165) is 0 Å². The first kappa shape index (κ1) is 7.78. The number of carbonyl (C=O) groups is 1. The van der Waals surface area contributed by atoms with E-state index in [1.165, 1.54) is 0 Å². The van der Waals surface area contributed by atoms with Gasteiger partial charge in [-0.3, -0.25) is 4.79 Å². The fourth-order valence-electron chi connectivity index (χ4n) is 0.229. The zero-order chi connectivity index (χ0) is 7.11. The highest BCUT2D eigenvalue weighted by Gasteiger charge is 1.93. The van der Waals surface area contributed by atoms with E-state index in [1.807, 2.05) is 0 Å². The summed E-state index contributed by atoms with van der Waals surface area (Å²) >= 11 is 0. The number of ether oxygens (including phenoxy) is 1. The van der Waals surface area contributed by atoms with Gasteiger partial charge in [0.25, 0.3) is 0 Å². The first-order valence-corrected chi connectivity index (χ1v) is 2.47. The van der Waals surface area contributed by atoms with Crippen LogP contribution in [0.5, 0.6) is 0 Å². The van der Waals surface area contributed by atoms with Gasteiger partial charge in [-0.2, -0.15) is 0 Å². The van der Waals surface area contributed by atoms with Crippen molar-refractivity contribution in [1.29, 1.82) is 0 Å². The van der Waals surface area contributed by atoms with Crippen LogP contribution in [0, 0.1) is 0 Å². The van der Waals surface area contributed by atoms with Crippen LogP contribution < -0.4 is 0 Å². The fraction of sp³-hybridized carbons (Fsp3) is 0.750. The molecule has 0 spiro atoms. The normalized spacial score (nSPS) is 7.67. The molecule has 0 amide bonds. The van der Waals surface area contributed by atoms with E-state index < -0.39 is 0 Å². The summed E-state index contributed by atoms with van der Waals surface area (Å²) in [4.78, 5) is 12.7. The van der Waals surface area contributed by atoms with Crippen LogP contribution in [0.4, 0.5) is 0 Å². The van der Waals surface area contributed by atoms with Crippen LogP contribution in [0.25, 0.3) is 10.4 Å². The van der Waals surface area contributed by atoms with Crippen LogP contribution in [0.3, 0.4) is 0 Å². The van der Waals surface area contributed by atoms with Crippen LogP contribution in [-0.2, 0) is 9.53 Å². The van der Waals surface area contributed by atoms with Crippen molar-refractivity contribution in [3.05, 3.63) is 10.4 Å². The molecule has 0 aliphatic rings. The summed E-state index contributed by atoms with van der Waals surface area (Å²) in [5, 5.41) is 3.00.